The molecule has 0 rings (SSSR count). The molecule has 0 saturated carbocycles. The van der Waals surface area contributed by atoms with E-state index < -0.39 is 14.8 Å². The van der Waals surface area contributed by atoms with E-state index in [2.05, 4.69) is 0 Å². The van der Waals surface area contributed by atoms with Crippen molar-refractivity contribution in [2.45, 2.75) is 213 Å². The minimum Gasteiger partial charge on any atom is -0.481 e. The number of rotatable bonds is 37. The molecule has 5 nitrogen and oxygen atoms in total. The zero-order chi connectivity index (χ0) is 31.5. The van der Waals surface area contributed by atoms with Gasteiger partial charge in [-0.25, -0.2) is 0 Å². The summed E-state index contributed by atoms with van der Waals surface area (Å²) < 4.78 is 17.9. The van der Waals surface area contributed by atoms with E-state index in [0.717, 1.165) is 25.3 Å². The number of hydrogen-bond acceptors (Lipinski definition) is 4. The van der Waals surface area contributed by atoms with Crippen LogP contribution in [-0.2, 0) is 18.1 Å². The highest BCUT2D eigenvalue weighted by Crippen LogP contribution is 2.21. The van der Waals surface area contributed by atoms with Crippen LogP contribution in [0.1, 0.15) is 207 Å². The third kappa shape index (κ3) is 31.3. The molecule has 0 saturated heterocycles. The molecule has 0 radical (unpaired) electrons. The second-order valence-electron chi connectivity index (χ2n) is 12.8. The summed E-state index contributed by atoms with van der Waals surface area (Å²) in [4.78, 5) is 10.5. The van der Waals surface area contributed by atoms with E-state index in [4.69, 9.17) is 18.4 Å². The monoisotopic (exact) mass is 629 g/mol. The number of carbonyl (C=O) groups is 1. The van der Waals surface area contributed by atoms with E-state index >= 15 is 0 Å². The number of aliphatic carboxylic acids is 1. The smallest absolute Gasteiger partial charge is 0.481 e. The minimum absolute atomic E-state index is 0.341. The molecular formula is C37H76O5Si. The van der Waals surface area contributed by atoms with Gasteiger partial charge in [0.25, 0.3) is 0 Å². The Kier molecular flexibility index (Phi) is 34.1. The molecule has 0 amide bonds. The summed E-state index contributed by atoms with van der Waals surface area (Å²) in [5, 5.41) is 8.64. The molecule has 0 aromatic heterocycles. The van der Waals surface area contributed by atoms with Crippen molar-refractivity contribution in [2.75, 3.05) is 19.8 Å². The third-order valence-corrected chi connectivity index (χ3v) is 11.9. The fourth-order valence-corrected chi connectivity index (χ4v) is 8.90. The molecule has 0 unspecified atom stereocenters. The quantitative estimate of drug-likeness (QED) is 0.0547. The molecule has 0 fully saturated rings. The van der Waals surface area contributed by atoms with Crippen LogP contribution in [0.3, 0.4) is 0 Å². The number of carboxylic acids is 1. The van der Waals surface area contributed by atoms with Crippen molar-refractivity contribution >= 4 is 14.8 Å². The van der Waals surface area contributed by atoms with E-state index in [-0.39, 0.29) is 0 Å². The van der Waals surface area contributed by atoms with Crippen molar-refractivity contribution in [3.8, 4) is 0 Å². The van der Waals surface area contributed by atoms with Crippen LogP contribution in [0.2, 0.25) is 6.04 Å². The maximum absolute atomic E-state index is 10.5. The van der Waals surface area contributed by atoms with Crippen LogP contribution in [0.15, 0.2) is 0 Å². The standard InChI is InChI=1S/C37H76O5Si/c1-4-40-43(41-5-2,42-6-3)36-34-32-30-28-26-24-22-20-18-16-14-12-10-8-7-9-11-13-15-17-19-21-23-25-27-29-31-33-35-37(38)39/h4-36H2,1-3H3,(H,38,39). The van der Waals surface area contributed by atoms with Crippen molar-refractivity contribution in [1.29, 1.82) is 0 Å². The molecule has 0 aliphatic carbocycles. The summed E-state index contributed by atoms with van der Waals surface area (Å²) in [7, 11) is -2.43. The molecule has 43 heavy (non-hydrogen) atoms. The maximum atomic E-state index is 10.5. The molecule has 258 valence electrons. The average Bonchev–Trinajstić information content (AvgIpc) is 2.98. The second kappa shape index (κ2) is 34.4. The summed E-state index contributed by atoms with van der Waals surface area (Å²) in [6.07, 6.45) is 38.3. The molecular weight excluding hydrogens is 552 g/mol. The van der Waals surface area contributed by atoms with Gasteiger partial charge in [0.05, 0.1) is 0 Å². The Labute approximate surface area is 270 Å². The van der Waals surface area contributed by atoms with E-state index in [1.165, 1.54) is 161 Å². The van der Waals surface area contributed by atoms with Crippen molar-refractivity contribution in [3.05, 3.63) is 0 Å². The van der Waals surface area contributed by atoms with Crippen molar-refractivity contribution in [2.24, 2.45) is 0 Å². The van der Waals surface area contributed by atoms with Crippen LogP contribution in [0, 0.1) is 0 Å². The molecule has 0 aliphatic rings. The SMILES string of the molecule is CCO[Si](CCCCCCCCCCCCCCCCCCCCCCCCCCCCCCC(=O)O)(OCC)OCC. The summed E-state index contributed by atoms with van der Waals surface area (Å²) in [5.41, 5.74) is 0. The molecule has 0 aromatic carbocycles. The lowest BCUT2D eigenvalue weighted by molar-refractivity contribution is -0.137. The van der Waals surface area contributed by atoms with Gasteiger partial charge in [-0.2, -0.15) is 0 Å². The molecule has 0 aromatic rings. The normalized spacial score (nSPS) is 11.9. The van der Waals surface area contributed by atoms with Gasteiger partial charge in [-0.1, -0.05) is 167 Å². The Morgan fingerprint density at radius 3 is 0.814 bits per heavy atom. The van der Waals surface area contributed by atoms with Crippen LogP contribution < -0.4 is 0 Å². The van der Waals surface area contributed by atoms with Crippen molar-refractivity contribution < 1.29 is 23.2 Å². The predicted octanol–water partition coefficient (Wildman–Crippen LogP) is 12.4. The lowest BCUT2D eigenvalue weighted by Crippen LogP contribution is -2.45. The van der Waals surface area contributed by atoms with Gasteiger partial charge in [0.15, 0.2) is 0 Å². The summed E-state index contributed by atoms with van der Waals surface area (Å²) in [5.74, 6) is -0.652. The highest BCUT2D eigenvalue weighted by molar-refractivity contribution is 6.60. The van der Waals surface area contributed by atoms with Crippen LogP contribution in [0.4, 0.5) is 0 Å². The summed E-state index contributed by atoms with van der Waals surface area (Å²) >= 11 is 0. The van der Waals surface area contributed by atoms with E-state index in [1.807, 2.05) is 20.8 Å². The molecule has 0 bridgehead atoms. The highest BCUT2D eigenvalue weighted by Gasteiger charge is 2.39. The first-order chi connectivity index (χ1) is 21.1. The van der Waals surface area contributed by atoms with E-state index in [1.54, 1.807) is 0 Å². The summed E-state index contributed by atoms with van der Waals surface area (Å²) in [6.45, 7) is 8.15. The fraction of sp³-hybridized carbons (Fsp3) is 0.973. The Morgan fingerprint density at radius 2 is 0.605 bits per heavy atom. The first-order valence-corrected chi connectivity index (χ1v) is 21.2. The van der Waals surface area contributed by atoms with E-state index in [9.17, 15) is 4.79 Å². The molecule has 0 spiro atoms. The largest absolute Gasteiger partial charge is 0.500 e. The van der Waals surface area contributed by atoms with Crippen LogP contribution in [0.5, 0.6) is 0 Å². The highest BCUT2D eigenvalue weighted by atomic mass is 28.4. The van der Waals surface area contributed by atoms with Crippen molar-refractivity contribution in [3.63, 3.8) is 0 Å². The van der Waals surface area contributed by atoms with Crippen LogP contribution in [-0.4, -0.2) is 39.7 Å². The lowest BCUT2D eigenvalue weighted by atomic mass is 10.0. The fourth-order valence-electron chi connectivity index (χ4n) is 6.22. The lowest BCUT2D eigenvalue weighted by Gasteiger charge is -2.28. The van der Waals surface area contributed by atoms with Gasteiger partial charge in [-0.15, -0.1) is 0 Å². The average molecular weight is 629 g/mol. The second-order valence-corrected chi connectivity index (χ2v) is 15.5. The first kappa shape index (κ1) is 42.6. The van der Waals surface area contributed by atoms with Gasteiger partial charge in [0, 0.05) is 32.3 Å². The van der Waals surface area contributed by atoms with Gasteiger partial charge in [-0.3, -0.25) is 4.79 Å². The van der Waals surface area contributed by atoms with Crippen LogP contribution >= 0.6 is 0 Å². The molecule has 6 heteroatoms. The molecule has 1 N–H and O–H groups in total. The third-order valence-electron chi connectivity index (χ3n) is 8.72. The maximum Gasteiger partial charge on any atom is 0.500 e. The molecule has 0 aliphatic heterocycles. The minimum atomic E-state index is -2.43. The Hall–Kier alpha value is -0.433. The molecule has 0 atom stereocenters. The molecule has 0 heterocycles. The topological polar surface area (TPSA) is 65.0 Å². The zero-order valence-electron chi connectivity index (χ0n) is 29.4. The Morgan fingerprint density at radius 1 is 0.395 bits per heavy atom. The van der Waals surface area contributed by atoms with E-state index in [0.29, 0.717) is 26.2 Å². The van der Waals surface area contributed by atoms with Gasteiger partial charge < -0.3 is 18.4 Å². The van der Waals surface area contributed by atoms with Crippen LogP contribution in [0.25, 0.3) is 0 Å². The van der Waals surface area contributed by atoms with Crippen molar-refractivity contribution in [1.82, 2.24) is 0 Å². The number of carboxylic acid groups (broad SMARTS) is 1. The predicted molar refractivity (Wildman–Crippen MR) is 187 cm³/mol. The zero-order valence-corrected chi connectivity index (χ0v) is 30.4. The Bertz CT molecular complexity index is 542. The van der Waals surface area contributed by atoms with Gasteiger partial charge >= 0.3 is 14.8 Å². The number of hydrogen-bond donors (Lipinski definition) is 1. The Balaban J connectivity index is 3.25. The summed E-state index contributed by atoms with van der Waals surface area (Å²) in [6, 6.07) is 0.965. The van der Waals surface area contributed by atoms with Gasteiger partial charge in [0.2, 0.25) is 0 Å². The van der Waals surface area contributed by atoms with Gasteiger partial charge in [-0.05, 0) is 33.6 Å². The first-order valence-electron chi connectivity index (χ1n) is 19.2. The number of unbranched alkanes of at least 4 members (excludes halogenated alkanes) is 27. The van der Waals surface area contributed by atoms with Gasteiger partial charge in [0.1, 0.15) is 0 Å².